The number of hydrogen-bond donors (Lipinski definition) is 1. The van der Waals surface area contributed by atoms with Crippen molar-refractivity contribution < 1.29 is 4.74 Å². The van der Waals surface area contributed by atoms with Crippen molar-refractivity contribution in [3.63, 3.8) is 0 Å². The highest BCUT2D eigenvalue weighted by Crippen LogP contribution is 2.33. The summed E-state index contributed by atoms with van der Waals surface area (Å²) in [5.74, 6) is 0.839. The molecule has 0 aromatic carbocycles. The van der Waals surface area contributed by atoms with Crippen molar-refractivity contribution in [2.75, 3.05) is 7.11 Å². The Morgan fingerprint density at radius 2 is 2.32 bits per heavy atom. The van der Waals surface area contributed by atoms with Gasteiger partial charge in [0.15, 0.2) is 0 Å². The summed E-state index contributed by atoms with van der Waals surface area (Å²) >= 11 is 7.95. The Balaban J connectivity index is 2.24. The van der Waals surface area contributed by atoms with E-state index >= 15 is 0 Å². The lowest BCUT2D eigenvalue weighted by molar-refractivity contribution is 0.408. The fourth-order valence-corrected chi connectivity index (χ4v) is 3.33. The molecule has 0 fully saturated rings. The van der Waals surface area contributed by atoms with E-state index in [9.17, 15) is 0 Å². The molecule has 0 saturated heterocycles. The Labute approximate surface area is 122 Å². The van der Waals surface area contributed by atoms with E-state index < -0.39 is 0 Å². The predicted octanol–water partition coefficient (Wildman–Crippen LogP) is 2.95. The molecule has 0 aliphatic carbocycles. The van der Waals surface area contributed by atoms with Crippen molar-refractivity contribution >= 4 is 22.9 Å². The number of halogens is 1. The minimum atomic E-state index is -0.132. The van der Waals surface area contributed by atoms with Gasteiger partial charge in [-0.05, 0) is 17.9 Å². The molecule has 4 nitrogen and oxygen atoms in total. The van der Waals surface area contributed by atoms with Gasteiger partial charge < -0.3 is 10.5 Å². The van der Waals surface area contributed by atoms with Crippen molar-refractivity contribution in [2.24, 2.45) is 12.8 Å². The lowest BCUT2D eigenvalue weighted by Crippen LogP contribution is -2.15. The first-order valence-electron chi connectivity index (χ1n) is 6.15. The molecule has 104 valence electrons. The number of aromatic nitrogens is 2. The average Bonchev–Trinajstić information content (AvgIpc) is 2.97. The molecule has 0 aliphatic heterocycles. The van der Waals surface area contributed by atoms with Gasteiger partial charge in [0, 0.05) is 19.5 Å². The number of nitrogens with two attached hydrogens (primary N) is 1. The third-order valence-electron chi connectivity index (χ3n) is 3.13. The predicted molar refractivity (Wildman–Crippen MR) is 79.1 cm³/mol. The smallest absolute Gasteiger partial charge is 0.134 e. The summed E-state index contributed by atoms with van der Waals surface area (Å²) in [6, 6.07) is 1.80. The Bertz CT molecular complexity index is 564. The van der Waals surface area contributed by atoms with Crippen molar-refractivity contribution in [3.05, 3.63) is 32.7 Å². The summed E-state index contributed by atoms with van der Waals surface area (Å²) in [7, 11) is 3.56. The molecule has 2 heterocycles. The molecule has 0 saturated carbocycles. The zero-order valence-corrected chi connectivity index (χ0v) is 12.9. The first kappa shape index (κ1) is 14.4. The van der Waals surface area contributed by atoms with E-state index in [1.54, 1.807) is 18.4 Å². The molecule has 2 aromatic heterocycles. The maximum absolute atomic E-state index is 6.34. The second-order valence-corrected chi connectivity index (χ2v) is 5.67. The number of methoxy groups -OCH3 is 1. The molecule has 6 heteroatoms. The highest BCUT2D eigenvalue weighted by atomic mass is 35.5. The third kappa shape index (κ3) is 2.78. The standard InChI is InChI=1S/C13H18ClN3OS/c1-4-9-12(14)10(17(2)16-9)7-8(15)13-11(18-3)5-6-19-13/h5-6,8H,4,7,15H2,1-3H3. The minimum absolute atomic E-state index is 0.132. The van der Waals surface area contributed by atoms with Gasteiger partial charge >= 0.3 is 0 Å². The molecule has 2 aromatic rings. The lowest BCUT2D eigenvalue weighted by Gasteiger charge is -2.12. The monoisotopic (exact) mass is 299 g/mol. The van der Waals surface area contributed by atoms with Crippen molar-refractivity contribution in [1.82, 2.24) is 9.78 Å². The largest absolute Gasteiger partial charge is 0.496 e. The van der Waals surface area contributed by atoms with Crippen LogP contribution in [0.3, 0.4) is 0 Å². The molecule has 19 heavy (non-hydrogen) atoms. The van der Waals surface area contributed by atoms with Gasteiger partial charge in [-0.2, -0.15) is 5.10 Å². The normalized spacial score (nSPS) is 12.7. The number of rotatable bonds is 5. The average molecular weight is 300 g/mol. The molecule has 2 rings (SSSR count). The molecule has 0 aliphatic rings. The maximum Gasteiger partial charge on any atom is 0.134 e. The topological polar surface area (TPSA) is 53.1 Å². The van der Waals surface area contributed by atoms with Gasteiger partial charge in [-0.1, -0.05) is 18.5 Å². The number of aryl methyl sites for hydroxylation is 2. The summed E-state index contributed by atoms with van der Waals surface area (Å²) in [5.41, 5.74) is 8.16. The van der Waals surface area contributed by atoms with E-state index in [-0.39, 0.29) is 6.04 Å². The SMILES string of the molecule is CCc1nn(C)c(CC(N)c2sccc2OC)c1Cl. The van der Waals surface area contributed by atoms with Crippen LogP contribution in [-0.2, 0) is 19.9 Å². The van der Waals surface area contributed by atoms with E-state index in [0.29, 0.717) is 6.42 Å². The van der Waals surface area contributed by atoms with Crippen molar-refractivity contribution in [2.45, 2.75) is 25.8 Å². The fourth-order valence-electron chi connectivity index (χ4n) is 2.09. The molecule has 0 spiro atoms. The Kier molecular flexibility index (Phi) is 4.50. The minimum Gasteiger partial charge on any atom is -0.496 e. The number of hydrogen-bond acceptors (Lipinski definition) is 4. The van der Waals surface area contributed by atoms with Crippen LogP contribution in [0.15, 0.2) is 11.4 Å². The van der Waals surface area contributed by atoms with Gasteiger partial charge in [0.2, 0.25) is 0 Å². The van der Waals surface area contributed by atoms with Crippen LogP contribution in [0.25, 0.3) is 0 Å². The van der Waals surface area contributed by atoms with Crippen LogP contribution in [0, 0.1) is 0 Å². The van der Waals surface area contributed by atoms with Crippen molar-refractivity contribution in [1.29, 1.82) is 0 Å². The van der Waals surface area contributed by atoms with Crippen molar-refractivity contribution in [3.8, 4) is 5.75 Å². The molecule has 1 unspecified atom stereocenters. The number of ether oxygens (including phenoxy) is 1. The summed E-state index contributed by atoms with van der Waals surface area (Å²) in [5, 5.41) is 7.12. The van der Waals surface area contributed by atoms with Crippen LogP contribution in [-0.4, -0.2) is 16.9 Å². The second kappa shape index (κ2) is 5.94. The van der Waals surface area contributed by atoms with E-state index in [1.165, 1.54) is 0 Å². The number of thiophene rings is 1. The first-order valence-corrected chi connectivity index (χ1v) is 7.41. The number of nitrogens with zero attached hydrogens (tertiary/aromatic N) is 2. The van der Waals surface area contributed by atoms with E-state index in [0.717, 1.165) is 33.5 Å². The van der Waals surface area contributed by atoms with Gasteiger partial charge in [0.05, 0.1) is 28.4 Å². The van der Waals surface area contributed by atoms with Gasteiger partial charge in [-0.25, -0.2) is 0 Å². The fraction of sp³-hybridized carbons (Fsp3) is 0.462. The van der Waals surface area contributed by atoms with Crippen LogP contribution < -0.4 is 10.5 Å². The summed E-state index contributed by atoms with van der Waals surface area (Å²) in [6.45, 7) is 2.04. The van der Waals surface area contributed by atoms with Crippen LogP contribution in [0.2, 0.25) is 5.02 Å². The highest BCUT2D eigenvalue weighted by molar-refractivity contribution is 7.10. The van der Waals surface area contributed by atoms with E-state index in [2.05, 4.69) is 5.10 Å². The lowest BCUT2D eigenvalue weighted by atomic mass is 10.1. The maximum atomic E-state index is 6.34. The second-order valence-electron chi connectivity index (χ2n) is 4.35. The molecular formula is C13H18ClN3OS. The van der Waals surface area contributed by atoms with Gasteiger partial charge in [0.1, 0.15) is 5.75 Å². The molecular weight excluding hydrogens is 282 g/mol. The van der Waals surface area contributed by atoms with Crippen LogP contribution in [0.4, 0.5) is 0 Å². The Hall–Kier alpha value is -1.04. The zero-order valence-electron chi connectivity index (χ0n) is 11.3. The van der Waals surface area contributed by atoms with Crippen LogP contribution >= 0.6 is 22.9 Å². The first-order chi connectivity index (χ1) is 9.08. The quantitative estimate of drug-likeness (QED) is 0.923. The molecule has 1 atom stereocenters. The Morgan fingerprint density at radius 3 is 2.89 bits per heavy atom. The molecule has 0 amide bonds. The molecule has 2 N–H and O–H groups in total. The Morgan fingerprint density at radius 1 is 1.58 bits per heavy atom. The zero-order chi connectivity index (χ0) is 14.0. The molecule has 0 radical (unpaired) electrons. The summed E-state index contributed by atoms with van der Waals surface area (Å²) < 4.78 is 7.13. The third-order valence-corrected chi connectivity index (χ3v) is 4.60. The van der Waals surface area contributed by atoms with E-state index in [1.807, 2.05) is 30.1 Å². The van der Waals surface area contributed by atoms with Crippen LogP contribution in [0.5, 0.6) is 5.75 Å². The van der Waals surface area contributed by atoms with E-state index in [4.69, 9.17) is 22.1 Å². The summed E-state index contributed by atoms with van der Waals surface area (Å²) in [6.07, 6.45) is 1.48. The van der Waals surface area contributed by atoms with Gasteiger partial charge in [-0.15, -0.1) is 11.3 Å². The van der Waals surface area contributed by atoms with Gasteiger partial charge in [-0.3, -0.25) is 4.68 Å². The van der Waals surface area contributed by atoms with Crippen LogP contribution in [0.1, 0.15) is 29.2 Å². The highest BCUT2D eigenvalue weighted by Gasteiger charge is 2.19. The molecule has 0 bridgehead atoms. The van der Waals surface area contributed by atoms with Gasteiger partial charge in [0.25, 0.3) is 0 Å². The summed E-state index contributed by atoms with van der Waals surface area (Å²) in [4.78, 5) is 1.04.